The largest absolute Gasteiger partial charge is 0.507 e. The first-order valence-electron chi connectivity index (χ1n) is 12.2. The molecule has 36 heavy (non-hydrogen) atoms. The van der Waals surface area contributed by atoms with Crippen molar-refractivity contribution < 1.29 is 19.4 Å². The Bertz CT molecular complexity index is 1350. The number of ether oxygens (including phenoxy) is 1. The number of benzene rings is 2. The Morgan fingerprint density at radius 3 is 2.53 bits per heavy atom. The average molecular weight is 483 g/mol. The van der Waals surface area contributed by atoms with Gasteiger partial charge in [0, 0.05) is 30.9 Å². The van der Waals surface area contributed by atoms with E-state index in [1.54, 1.807) is 24.5 Å². The van der Waals surface area contributed by atoms with Crippen LogP contribution in [0, 0.1) is 0 Å². The summed E-state index contributed by atoms with van der Waals surface area (Å²) in [5.41, 5.74) is 4.25. The third kappa shape index (κ3) is 4.28. The van der Waals surface area contributed by atoms with Gasteiger partial charge in [0.2, 0.25) is 0 Å². The Morgan fingerprint density at radius 1 is 1.11 bits per heavy atom. The summed E-state index contributed by atoms with van der Waals surface area (Å²) in [5.74, 6) is -0.713. The summed E-state index contributed by atoms with van der Waals surface area (Å²) in [6, 6.07) is 16.3. The molecule has 1 saturated heterocycles. The zero-order valence-corrected chi connectivity index (χ0v) is 21.0. The van der Waals surface area contributed by atoms with Crippen molar-refractivity contribution in [2.24, 2.45) is 0 Å². The minimum absolute atomic E-state index is 0.0420. The number of pyridine rings is 1. The summed E-state index contributed by atoms with van der Waals surface area (Å²) in [4.78, 5) is 32.3. The van der Waals surface area contributed by atoms with Crippen LogP contribution in [0.4, 0.5) is 0 Å². The van der Waals surface area contributed by atoms with Gasteiger partial charge in [-0.15, -0.1) is 0 Å². The van der Waals surface area contributed by atoms with Crippen LogP contribution in [0.25, 0.3) is 5.76 Å². The lowest BCUT2D eigenvalue weighted by Crippen LogP contribution is -2.29. The van der Waals surface area contributed by atoms with E-state index in [0.29, 0.717) is 5.56 Å². The Labute approximate surface area is 211 Å². The van der Waals surface area contributed by atoms with E-state index in [9.17, 15) is 14.7 Å². The fourth-order valence-electron chi connectivity index (χ4n) is 4.97. The van der Waals surface area contributed by atoms with Crippen molar-refractivity contribution in [3.8, 4) is 5.75 Å². The number of likely N-dealkylation sites (tertiary alicyclic amines) is 1. The Hall–Kier alpha value is -3.93. The lowest BCUT2D eigenvalue weighted by Gasteiger charge is -2.26. The Kier molecular flexibility index (Phi) is 5.91. The number of amides is 1. The molecule has 0 aliphatic carbocycles. The molecule has 0 bridgehead atoms. The van der Waals surface area contributed by atoms with Gasteiger partial charge in [-0.05, 0) is 58.9 Å². The molecule has 1 aromatic heterocycles. The summed E-state index contributed by atoms with van der Waals surface area (Å²) in [5, 5.41) is 11.4. The Balaban J connectivity index is 1.62. The summed E-state index contributed by atoms with van der Waals surface area (Å²) in [7, 11) is 0. The molecule has 6 nitrogen and oxygen atoms in total. The molecular weight excluding hydrogens is 452 g/mol. The van der Waals surface area contributed by atoms with Crippen LogP contribution < -0.4 is 4.74 Å². The molecular formula is C30H30N2O4. The number of aliphatic hydroxyl groups excluding tert-OH is 1. The lowest BCUT2D eigenvalue weighted by atomic mass is 9.85. The van der Waals surface area contributed by atoms with Gasteiger partial charge < -0.3 is 14.7 Å². The van der Waals surface area contributed by atoms with Crippen molar-refractivity contribution in [3.63, 3.8) is 0 Å². The van der Waals surface area contributed by atoms with Gasteiger partial charge in [-0.2, -0.15) is 0 Å². The van der Waals surface area contributed by atoms with Gasteiger partial charge in [-0.1, -0.05) is 51.1 Å². The van der Waals surface area contributed by atoms with Crippen molar-refractivity contribution in [2.75, 3.05) is 0 Å². The molecule has 2 atom stereocenters. The molecule has 1 fully saturated rings. The zero-order valence-electron chi connectivity index (χ0n) is 21.0. The molecule has 2 aliphatic rings. The third-order valence-electron chi connectivity index (χ3n) is 6.88. The minimum atomic E-state index is -0.720. The topological polar surface area (TPSA) is 79.7 Å². The van der Waals surface area contributed by atoms with Crippen molar-refractivity contribution >= 4 is 17.4 Å². The number of Topliss-reactive ketones (excluding diaryl/α,β-unsaturated/α-hetero) is 1. The predicted molar refractivity (Wildman–Crippen MR) is 137 cm³/mol. The number of rotatable bonds is 4. The molecule has 5 rings (SSSR count). The molecule has 0 radical (unpaired) electrons. The van der Waals surface area contributed by atoms with E-state index in [2.05, 4.69) is 25.8 Å². The van der Waals surface area contributed by atoms with E-state index >= 15 is 0 Å². The highest BCUT2D eigenvalue weighted by molar-refractivity contribution is 6.46. The molecule has 184 valence electrons. The summed E-state index contributed by atoms with van der Waals surface area (Å²) in [6.07, 6.45) is 4.13. The second-order valence-electron chi connectivity index (χ2n) is 10.6. The van der Waals surface area contributed by atoms with E-state index in [1.165, 1.54) is 4.90 Å². The second kappa shape index (κ2) is 8.94. The molecule has 2 aromatic carbocycles. The van der Waals surface area contributed by atoms with Gasteiger partial charge in [0.1, 0.15) is 17.6 Å². The number of aromatic nitrogens is 1. The monoisotopic (exact) mass is 482 g/mol. The van der Waals surface area contributed by atoms with Crippen LogP contribution in [-0.2, 0) is 28.0 Å². The van der Waals surface area contributed by atoms with Crippen LogP contribution >= 0.6 is 0 Å². The van der Waals surface area contributed by atoms with Crippen molar-refractivity contribution in [2.45, 2.75) is 58.2 Å². The predicted octanol–water partition coefficient (Wildman–Crippen LogP) is 5.32. The van der Waals surface area contributed by atoms with Gasteiger partial charge in [0.15, 0.2) is 0 Å². The highest BCUT2D eigenvalue weighted by Gasteiger charge is 2.46. The number of nitrogens with zero attached hydrogens (tertiary/aromatic N) is 2. The number of hydrogen-bond acceptors (Lipinski definition) is 5. The van der Waals surface area contributed by atoms with Gasteiger partial charge in [-0.25, -0.2) is 0 Å². The zero-order chi connectivity index (χ0) is 25.6. The average Bonchev–Trinajstić information content (AvgIpc) is 3.35. The SMILES string of the molecule is C[C@@H]1Cc2cc(C(O)=C3C(=O)C(=O)N(Cc4cccnc4)[C@@H]3c3ccc(C(C)(C)C)cc3)ccc2O1. The molecule has 0 spiro atoms. The van der Waals surface area contributed by atoms with Gasteiger partial charge >= 0.3 is 0 Å². The molecule has 0 unspecified atom stereocenters. The number of aliphatic hydroxyl groups is 1. The number of hydrogen-bond donors (Lipinski definition) is 1. The van der Waals surface area contributed by atoms with Crippen LogP contribution in [0.2, 0.25) is 0 Å². The van der Waals surface area contributed by atoms with Gasteiger partial charge in [0.25, 0.3) is 11.7 Å². The van der Waals surface area contributed by atoms with Crippen molar-refractivity contribution in [1.29, 1.82) is 0 Å². The first-order valence-corrected chi connectivity index (χ1v) is 12.2. The third-order valence-corrected chi connectivity index (χ3v) is 6.88. The van der Waals surface area contributed by atoms with E-state index in [0.717, 1.165) is 34.4 Å². The molecule has 0 saturated carbocycles. The Morgan fingerprint density at radius 2 is 1.86 bits per heavy atom. The maximum absolute atomic E-state index is 13.4. The molecule has 1 amide bonds. The van der Waals surface area contributed by atoms with Crippen molar-refractivity contribution in [1.82, 2.24) is 9.88 Å². The molecule has 6 heteroatoms. The van der Waals surface area contributed by atoms with Crippen LogP contribution in [0.1, 0.15) is 61.6 Å². The van der Waals surface area contributed by atoms with Crippen molar-refractivity contribution in [3.05, 3.63) is 100 Å². The first-order chi connectivity index (χ1) is 17.1. The molecule has 3 aromatic rings. The number of carbonyl (C=O) groups is 2. The number of fused-ring (bicyclic) bond motifs is 1. The smallest absolute Gasteiger partial charge is 0.295 e. The normalized spacial score (nSPS) is 20.9. The van der Waals surface area contributed by atoms with E-state index in [-0.39, 0.29) is 29.4 Å². The standard InChI is InChI=1S/C30H30N2O4/c1-18-14-22-15-21(9-12-24(22)36-18)27(33)25-26(20-7-10-23(11-8-20)30(2,3)4)32(29(35)28(25)34)17-19-6-5-13-31-16-19/h5-13,15-16,18,26,33H,14,17H2,1-4H3/t18-,26-/m1/s1. The number of ketones is 1. The maximum atomic E-state index is 13.4. The van der Waals surface area contributed by atoms with Crippen LogP contribution in [-0.4, -0.2) is 32.8 Å². The fraction of sp³-hybridized carbons (Fsp3) is 0.300. The minimum Gasteiger partial charge on any atom is -0.507 e. The molecule has 2 aliphatic heterocycles. The summed E-state index contributed by atoms with van der Waals surface area (Å²) in [6.45, 7) is 8.60. The van der Waals surface area contributed by atoms with Gasteiger partial charge in [0.05, 0.1) is 11.6 Å². The second-order valence-corrected chi connectivity index (χ2v) is 10.6. The van der Waals surface area contributed by atoms with Crippen LogP contribution in [0.5, 0.6) is 5.75 Å². The summed E-state index contributed by atoms with van der Waals surface area (Å²) >= 11 is 0. The van der Waals surface area contributed by atoms with Crippen LogP contribution in [0.15, 0.2) is 72.6 Å². The van der Waals surface area contributed by atoms with Crippen LogP contribution in [0.3, 0.4) is 0 Å². The highest BCUT2D eigenvalue weighted by Crippen LogP contribution is 2.41. The van der Waals surface area contributed by atoms with E-state index in [4.69, 9.17) is 4.74 Å². The molecule has 3 heterocycles. The highest BCUT2D eigenvalue weighted by atomic mass is 16.5. The molecule has 1 N–H and O–H groups in total. The summed E-state index contributed by atoms with van der Waals surface area (Å²) < 4.78 is 5.78. The fourth-order valence-corrected chi connectivity index (χ4v) is 4.97. The van der Waals surface area contributed by atoms with Gasteiger partial charge in [-0.3, -0.25) is 14.6 Å². The van der Waals surface area contributed by atoms with E-state index in [1.807, 2.05) is 49.4 Å². The number of carbonyl (C=O) groups excluding carboxylic acids is 2. The van der Waals surface area contributed by atoms with E-state index < -0.39 is 17.7 Å². The quantitative estimate of drug-likeness (QED) is 0.309. The maximum Gasteiger partial charge on any atom is 0.295 e. The first kappa shape index (κ1) is 23.8. The lowest BCUT2D eigenvalue weighted by molar-refractivity contribution is -0.140.